The van der Waals surface area contributed by atoms with Crippen molar-refractivity contribution in [1.29, 1.82) is 0 Å². The van der Waals surface area contributed by atoms with Gasteiger partial charge in [0.15, 0.2) is 5.78 Å². The van der Waals surface area contributed by atoms with E-state index >= 15 is 0 Å². The molecule has 0 aliphatic heterocycles. The highest BCUT2D eigenvalue weighted by atomic mass is 16.1. The van der Waals surface area contributed by atoms with Crippen LogP contribution in [0.5, 0.6) is 0 Å². The molecule has 0 spiro atoms. The Morgan fingerprint density at radius 1 is 1.14 bits per heavy atom. The molecule has 1 heterocycles. The highest BCUT2D eigenvalue weighted by Gasteiger charge is 2.41. The molecule has 1 saturated carbocycles. The Hall–Kier alpha value is -2.04. The van der Waals surface area contributed by atoms with Crippen LogP contribution in [0, 0.1) is 0 Å². The van der Waals surface area contributed by atoms with Crippen molar-refractivity contribution in [1.82, 2.24) is 4.98 Å². The van der Waals surface area contributed by atoms with Gasteiger partial charge in [0.2, 0.25) is 0 Å². The van der Waals surface area contributed by atoms with Crippen molar-refractivity contribution < 1.29 is 4.79 Å². The summed E-state index contributed by atoms with van der Waals surface area (Å²) in [7, 11) is 0. The standard InChI is InChI=1S/C18H21N3O/c19-16-6-1-3-11-18(16,20)17(22)14-9-7-13(8-10-14)15-5-2-4-12-21-15/h2,4-5,7-10,12,16H,1,3,6,11,19-20H2. The summed E-state index contributed by atoms with van der Waals surface area (Å²) in [6.07, 6.45) is 5.24. The van der Waals surface area contributed by atoms with Gasteiger partial charge in [-0.25, -0.2) is 0 Å². The van der Waals surface area contributed by atoms with Crippen molar-refractivity contribution in [3.05, 3.63) is 54.2 Å². The molecule has 1 aromatic carbocycles. The molecular formula is C18H21N3O. The zero-order chi connectivity index (χ0) is 15.6. The van der Waals surface area contributed by atoms with Crippen molar-refractivity contribution in [2.45, 2.75) is 37.3 Å². The zero-order valence-corrected chi connectivity index (χ0v) is 12.5. The predicted molar refractivity (Wildman–Crippen MR) is 87.4 cm³/mol. The van der Waals surface area contributed by atoms with Crippen molar-refractivity contribution >= 4 is 5.78 Å². The molecule has 2 aromatic rings. The van der Waals surface area contributed by atoms with Gasteiger partial charge >= 0.3 is 0 Å². The first-order chi connectivity index (χ1) is 10.6. The molecule has 0 bridgehead atoms. The number of nitrogens with zero attached hydrogens (tertiary/aromatic N) is 1. The van der Waals surface area contributed by atoms with Crippen LogP contribution >= 0.6 is 0 Å². The minimum atomic E-state index is -0.926. The summed E-state index contributed by atoms with van der Waals surface area (Å²) >= 11 is 0. The van der Waals surface area contributed by atoms with E-state index in [4.69, 9.17) is 11.5 Å². The summed E-state index contributed by atoms with van der Waals surface area (Å²) in [6.45, 7) is 0. The monoisotopic (exact) mass is 295 g/mol. The number of benzene rings is 1. The number of ketones is 1. The van der Waals surface area contributed by atoms with Gasteiger partial charge in [0, 0.05) is 23.4 Å². The molecule has 1 aliphatic rings. The highest BCUT2D eigenvalue weighted by molar-refractivity contribution is 6.04. The Morgan fingerprint density at radius 3 is 2.55 bits per heavy atom. The van der Waals surface area contributed by atoms with Crippen LogP contribution in [0.3, 0.4) is 0 Å². The first-order valence-corrected chi connectivity index (χ1v) is 7.72. The fourth-order valence-electron chi connectivity index (χ4n) is 3.10. The van der Waals surface area contributed by atoms with Crippen molar-refractivity contribution in [2.75, 3.05) is 0 Å². The molecule has 3 rings (SSSR count). The molecular weight excluding hydrogens is 274 g/mol. The predicted octanol–water partition coefficient (Wildman–Crippen LogP) is 2.53. The van der Waals surface area contributed by atoms with Gasteiger partial charge in [0.05, 0.1) is 11.2 Å². The first kappa shape index (κ1) is 14.9. The van der Waals surface area contributed by atoms with E-state index in [2.05, 4.69) is 4.98 Å². The van der Waals surface area contributed by atoms with Crippen molar-refractivity contribution in [2.24, 2.45) is 11.5 Å². The summed E-state index contributed by atoms with van der Waals surface area (Å²) in [5.74, 6) is -0.0488. The van der Waals surface area contributed by atoms with E-state index in [1.807, 2.05) is 42.5 Å². The van der Waals surface area contributed by atoms with E-state index in [-0.39, 0.29) is 11.8 Å². The number of carbonyl (C=O) groups excluding carboxylic acids is 1. The van der Waals surface area contributed by atoms with Crippen LogP contribution in [-0.4, -0.2) is 22.3 Å². The summed E-state index contributed by atoms with van der Waals surface area (Å²) in [5, 5.41) is 0. The van der Waals surface area contributed by atoms with Crippen LogP contribution in [-0.2, 0) is 0 Å². The molecule has 1 aromatic heterocycles. The number of hydrogen-bond acceptors (Lipinski definition) is 4. The number of Topliss-reactive ketones (excluding diaryl/α,β-unsaturated/α-hetero) is 1. The number of carbonyl (C=O) groups is 1. The molecule has 22 heavy (non-hydrogen) atoms. The molecule has 2 atom stereocenters. The van der Waals surface area contributed by atoms with Gasteiger partial charge in [0.25, 0.3) is 0 Å². The minimum absolute atomic E-state index is 0.0488. The van der Waals surface area contributed by atoms with Gasteiger partial charge in [-0.15, -0.1) is 0 Å². The Kier molecular flexibility index (Phi) is 4.05. The van der Waals surface area contributed by atoms with Crippen LogP contribution in [0.1, 0.15) is 36.0 Å². The first-order valence-electron chi connectivity index (χ1n) is 7.72. The maximum atomic E-state index is 12.8. The lowest BCUT2D eigenvalue weighted by Gasteiger charge is -2.37. The van der Waals surface area contributed by atoms with Crippen LogP contribution in [0.2, 0.25) is 0 Å². The normalized spacial score (nSPS) is 24.9. The number of hydrogen-bond donors (Lipinski definition) is 2. The summed E-state index contributed by atoms with van der Waals surface area (Å²) in [6, 6.07) is 13.0. The number of pyridine rings is 1. The van der Waals surface area contributed by atoms with Gasteiger partial charge in [-0.1, -0.05) is 43.2 Å². The SMILES string of the molecule is NC1CCCCC1(N)C(=O)c1ccc(-c2ccccn2)cc1. The lowest BCUT2D eigenvalue weighted by molar-refractivity contribution is 0.0823. The van der Waals surface area contributed by atoms with Crippen LogP contribution < -0.4 is 11.5 Å². The molecule has 114 valence electrons. The zero-order valence-electron chi connectivity index (χ0n) is 12.5. The van der Waals surface area contributed by atoms with Gasteiger partial charge in [-0.05, 0) is 25.0 Å². The molecule has 4 nitrogen and oxygen atoms in total. The van der Waals surface area contributed by atoms with Crippen LogP contribution in [0.25, 0.3) is 11.3 Å². The van der Waals surface area contributed by atoms with E-state index in [1.54, 1.807) is 6.20 Å². The van der Waals surface area contributed by atoms with E-state index in [0.29, 0.717) is 12.0 Å². The second-order valence-electron chi connectivity index (χ2n) is 6.01. The summed E-state index contributed by atoms with van der Waals surface area (Å²) in [4.78, 5) is 17.1. The lowest BCUT2D eigenvalue weighted by atomic mass is 9.74. The Balaban J connectivity index is 1.85. The molecule has 4 heteroatoms. The quantitative estimate of drug-likeness (QED) is 0.852. The molecule has 0 amide bonds. The Morgan fingerprint density at radius 2 is 1.91 bits per heavy atom. The van der Waals surface area contributed by atoms with E-state index < -0.39 is 5.54 Å². The second-order valence-corrected chi connectivity index (χ2v) is 6.01. The van der Waals surface area contributed by atoms with Crippen molar-refractivity contribution in [3.8, 4) is 11.3 Å². The minimum Gasteiger partial charge on any atom is -0.326 e. The number of aromatic nitrogens is 1. The molecule has 2 unspecified atom stereocenters. The van der Waals surface area contributed by atoms with E-state index in [9.17, 15) is 4.79 Å². The van der Waals surface area contributed by atoms with E-state index in [0.717, 1.165) is 30.5 Å². The average Bonchev–Trinajstić information content (AvgIpc) is 2.58. The topological polar surface area (TPSA) is 82.0 Å². The van der Waals surface area contributed by atoms with Crippen LogP contribution in [0.15, 0.2) is 48.7 Å². The number of nitrogens with two attached hydrogens (primary N) is 2. The van der Waals surface area contributed by atoms with Crippen LogP contribution in [0.4, 0.5) is 0 Å². The maximum Gasteiger partial charge on any atom is 0.184 e. The van der Waals surface area contributed by atoms with E-state index in [1.165, 1.54) is 0 Å². The average molecular weight is 295 g/mol. The Bertz CT molecular complexity index is 654. The fourth-order valence-corrected chi connectivity index (χ4v) is 3.10. The van der Waals surface area contributed by atoms with Crippen molar-refractivity contribution in [3.63, 3.8) is 0 Å². The van der Waals surface area contributed by atoms with Gasteiger partial charge in [-0.3, -0.25) is 9.78 Å². The third kappa shape index (κ3) is 2.67. The third-order valence-electron chi connectivity index (χ3n) is 4.55. The maximum absolute atomic E-state index is 12.8. The molecule has 0 radical (unpaired) electrons. The number of rotatable bonds is 3. The highest BCUT2D eigenvalue weighted by Crippen LogP contribution is 2.29. The Labute approximate surface area is 130 Å². The summed E-state index contributed by atoms with van der Waals surface area (Å²) < 4.78 is 0. The largest absolute Gasteiger partial charge is 0.326 e. The molecule has 1 aliphatic carbocycles. The molecule has 1 fully saturated rings. The summed E-state index contributed by atoms with van der Waals surface area (Å²) in [5.41, 5.74) is 14.0. The molecule has 4 N–H and O–H groups in total. The van der Waals surface area contributed by atoms with Gasteiger partial charge in [-0.2, -0.15) is 0 Å². The smallest absolute Gasteiger partial charge is 0.184 e. The molecule has 0 saturated heterocycles. The third-order valence-corrected chi connectivity index (χ3v) is 4.55. The fraction of sp³-hybridized carbons (Fsp3) is 0.333. The van der Waals surface area contributed by atoms with Gasteiger partial charge in [0.1, 0.15) is 0 Å². The van der Waals surface area contributed by atoms with Gasteiger partial charge < -0.3 is 11.5 Å². The second kappa shape index (κ2) is 5.99. The lowest BCUT2D eigenvalue weighted by Crippen LogP contribution is -2.62.